The van der Waals surface area contributed by atoms with E-state index in [9.17, 15) is 14.0 Å². The van der Waals surface area contributed by atoms with Gasteiger partial charge in [0.2, 0.25) is 5.91 Å². The molecule has 1 aromatic rings. The summed E-state index contributed by atoms with van der Waals surface area (Å²) < 4.78 is 12.7. The number of nitrogens with zero attached hydrogens (tertiary/aromatic N) is 1. The van der Waals surface area contributed by atoms with Crippen LogP contribution in [0.2, 0.25) is 0 Å². The van der Waals surface area contributed by atoms with Crippen molar-refractivity contribution in [3.05, 3.63) is 30.1 Å². The number of hydrogen-bond donors (Lipinski definition) is 1. The Morgan fingerprint density at radius 3 is 2.53 bits per heavy atom. The van der Waals surface area contributed by atoms with E-state index in [0.717, 1.165) is 9.80 Å². The summed E-state index contributed by atoms with van der Waals surface area (Å²) in [6.45, 7) is -0.470. The molecule has 0 unspecified atom stereocenters. The first-order valence-electron chi connectivity index (χ1n) is 5.34. The molecule has 4 nitrogen and oxygen atoms in total. The molecule has 0 aromatic heterocycles. The Bertz CT molecular complexity index is 496. The van der Waals surface area contributed by atoms with Crippen molar-refractivity contribution < 1.29 is 19.1 Å². The highest BCUT2D eigenvalue weighted by Gasteiger charge is 2.15. The number of carboxylic acid groups (broad SMARTS) is 1. The molecule has 0 aliphatic heterocycles. The van der Waals surface area contributed by atoms with Crippen LogP contribution < -0.4 is 0 Å². The fourth-order valence-electron chi connectivity index (χ4n) is 1.27. The molecule has 1 aromatic carbocycles. The molecule has 0 aliphatic carbocycles. The molecule has 0 radical (unpaired) electrons. The SMILES string of the molecule is C#CCN(CC(=O)O)C(=O)CSc1ccc(F)cc1. The second kappa shape index (κ2) is 7.44. The Hall–Kier alpha value is -2.00. The highest BCUT2D eigenvalue weighted by atomic mass is 32.2. The van der Waals surface area contributed by atoms with Crippen LogP contribution in [0, 0.1) is 18.2 Å². The van der Waals surface area contributed by atoms with Gasteiger partial charge in [-0.25, -0.2) is 4.39 Å². The molecular weight excluding hydrogens is 269 g/mol. The van der Waals surface area contributed by atoms with Gasteiger partial charge < -0.3 is 10.0 Å². The van der Waals surface area contributed by atoms with Gasteiger partial charge in [0, 0.05) is 4.90 Å². The quantitative estimate of drug-likeness (QED) is 0.633. The van der Waals surface area contributed by atoms with Gasteiger partial charge in [0.15, 0.2) is 0 Å². The zero-order valence-corrected chi connectivity index (χ0v) is 10.8. The number of benzene rings is 1. The Morgan fingerprint density at radius 2 is 2.00 bits per heavy atom. The molecule has 0 bridgehead atoms. The predicted molar refractivity (Wildman–Crippen MR) is 70.2 cm³/mol. The number of rotatable bonds is 6. The molecule has 6 heteroatoms. The van der Waals surface area contributed by atoms with Gasteiger partial charge >= 0.3 is 5.97 Å². The number of carbonyl (C=O) groups excluding carboxylic acids is 1. The van der Waals surface area contributed by atoms with E-state index in [2.05, 4.69) is 5.92 Å². The first kappa shape index (κ1) is 15.1. The standard InChI is InChI=1S/C13H12FNO3S/c1-2-7-15(8-13(17)18)12(16)9-19-11-5-3-10(14)4-6-11/h1,3-6H,7-9H2,(H,17,18). The van der Waals surface area contributed by atoms with Crippen LogP contribution >= 0.6 is 11.8 Å². The van der Waals surface area contributed by atoms with E-state index >= 15 is 0 Å². The van der Waals surface area contributed by atoms with Crippen molar-refractivity contribution >= 4 is 23.6 Å². The molecule has 100 valence electrons. The maximum atomic E-state index is 12.7. The number of carbonyl (C=O) groups is 2. The predicted octanol–water partition coefficient (Wildman–Crippen LogP) is 1.46. The summed E-state index contributed by atoms with van der Waals surface area (Å²) in [6.07, 6.45) is 5.08. The van der Waals surface area contributed by atoms with Crippen LogP contribution in [0.5, 0.6) is 0 Å². The second-order valence-electron chi connectivity index (χ2n) is 3.59. The van der Waals surface area contributed by atoms with E-state index in [1.807, 2.05) is 0 Å². The molecule has 1 amide bonds. The summed E-state index contributed by atoms with van der Waals surface area (Å²) >= 11 is 1.20. The first-order chi connectivity index (χ1) is 9.02. The molecule has 0 atom stereocenters. The number of terminal acetylenes is 1. The highest BCUT2D eigenvalue weighted by molar-refractivity contribution is 8.00. The van der Waals surface area contributed by atoms with Crippen molar-refractivity contribution in [1.82, 2.24) is 4.90 Å². The third-order valence-electron chi connectivity index (χ3n) is 2.14. The van der Waals surface area contributed by atoms with Crippen LogP contribution in [0.4, 0.5) is 4.39 Å². The minimum Gasteiger partial charge on any atom is -0.480 e. The zero-order valence-electron chi connectivity index (χ0n) is 10.0. The lowest BCUT2D eigenvalue weighted by Gasteiger charge is -2.17. The Morgan fingerprint density at radius 1 is 1.37 bits per heavy atom. The number of carboxylic acids is 1. The second-order valence-corrected chi connectivity index (χ2v) is 4.64. The van der Waals surface area contributed by atoms with Gasteiger partial charge in [-0.05, 0) is 24.3 Å². The average molecular weight is 281 g/mol. The third kappa shape index (κ3) is 5.44. The molecule has 0 aliphatic rings. The van der Waals surface area contributed by atoms with Crippen LogP contribution in [0.15, 0.2) is 29.2 Å². The Labute approximate surface area is 114 Å². The van der Waals surface area contributed by atoms with Crippen molar-refractivity contribution in [3.8, 4) is 12.3 Å². The van der Waals surface area contributed by atoms with Crippen molar-refractivity contribution in [2.75, 3.05) is 18.8 Å². The topological polar surface area (TPSA) is 57.6 Å². The normalized spacial score (nSPS) is 9.68. The summed E-state index contributed by atoms with van der Waals surface area (Å²) in [4.78, 5) is 24.2. The molecule has 19 heavy (non-hydrogen) atoms. The Balaban J connectivity index is 2.54. The van der Waals surface area contributed by atoms with Crippen molar-refractivity contribution in [3.63, 3.8) is 0 Å². The smallest absolute Gasteiger partial charge is 0.323 e. The molecule has 1 N–H and O–H groups in total. The van der Waals surface area contributed by atoms with Crippen LogP contribution in [0.3, 0.4) is 0 Å². The van der Waals surface area contributed by atoms with Crippen molar-refractivity contribution in [2.45, 2.75) is 4.90 Å². The fraction of sp³-hybridized carbons (Fsp3) is 0.231. The molecule has 0 fully saturated rings. The summed E-state index contributed by atoms with van der Waals surface area (Å²) in [5, 5.41) is 8.66. The molecule has 0 saturated heterocycles. The lowest BCUT2D eigenvalue weighted by atomic mass is 10.4. The number of amides is 1. The van der Waals surface area contributed by atoms with Gasteiger partial charge in [0.1, 0.15) is 12.4 Å². The Kier molecular flexibility index (Phi) is 5.90. The van der Waals surface area contributed by atoms with Gasteiger partial charge in [-0.2, -0.15) is 0 Å². The van der Waals surface area contributed by atoms with Crippen LogP contribution in [-0.2, 0) is 9.59 Å². The van der Waals surface area contributed by atoms with Gasteiger partial charge in [-0.1, -0.05) is 5.92 Å². The summed E-state index contributed by atoms with van der Waals surface area (Å²) in [5.74, 6) is 0.466. The van der Waals surface area contributed by atoms with Crippen LogP contribution in [0.25, 0.3) is 0 Å². The maximum absolute atomic E-state index is 12.7. The summed E-state index contributed by atoms with van der Waals surface area (Å²) in [7, 11) is 0. The van der Waals surface area contributed by atoms with Gasteiger partial charge in [0.05, 0.1) is 12.3 Å². The number of aliphatic carboxylic acids is 1. The average Bonchev–Trinajstić information content (AvgIpc) is 2.37. The van der Waals surface area contributed by atoms with Gasteiger partial charge in [-0.15, -0.1) is 18.2 Å². The lowest BCUT2D eigenvalue weighted by Crippen LogP contribution is -2.37. The van der Waals surface area contributed by atoms with E-state index in [-0.39, 0.29) is 24.0 Å². The third-order valence-corrected chi connectivity index (χ3v) is 3.13. The first-order valence-corrected chi connectivity index (χ1v) is 6.33. The number of thioether (sulfide) groups is 1. The largest absolute Gasteiger partial charge is 0.480 e. The fourth-order valence-corrected chi connectivity index (χ4v) is 2.07. The van der Waals surface area contributed by atoms with Crippen LogP contribution in [-0.4, -0.2) is 40.7 Å². The van der Waals surface area contributed by atoms with E-state index in [0.29, 0.717) is 0 Å². The van der Waals surface area contributed by atoms with Crippen molar-refractivity contribution in [1.29, 1.82) is 0 Å². The van der Waals surface area contributed by atoms with E-state index in [1.165, 1.54) is 23.9 Å². The zero-order chi connectivity index (χ0) is 14.3. The van der Waals surface area contributed by atoms with Gasteiger partial charge in [-0.3, -0.25) is 9.59 Å². The maximum Gasteiger partial charge on any atom is 0.323 e. The highest BCUT2D eigenvalue weighted by Crippen LogP contribution is 2.18. The number of hydrogen-bond acceptors (Lipinski definition) is 3. The minimum absolute atomic E-state index is 0.0465. The molecule has 1 rings (SSSR count). The lowest BCUT2D eigenvalue weighted by molar-refractivity contribution is -0.143. The summed E-state index contributed by atoms with van der Waals surface area (Å²) in [6, 6.07) is 5.69. The van der Waals surface area contributed by atoms with E-state index in [1.54, 1.807) is 12.1 Å². The van der Waals surface area contributed by atoms with Gasteiger partial charge in [0.25, 0.3) is 0 Å². The van der Waals surface area contributed by atoms with Crippen molar-refractivity contribution in [2.24, 2.45) is 0 Å². The number of halogens is 1. The minimum atomic E-state index is -1.12. The monoisotopic (exact) mass is 281 g/mol. The van der Waals surface area contributed by atoms with E-state index < -0.39 is 12.5 Å². The van der Waals surface area contributed by atoms with E-state index in [4.69, 9.17) is 11.5 Å². The molecule has 0 saturated carbocycles. The summed E-state index contributed by atoms with van der Waals surface area (Å²) in [5.41, 5.74) is 0. The molecule has 0 spiro atoms. The van der Waals surface area contributed by atoms with Crippen LogP contribution in [0.1, 0.15) is 0 Å². The molecule has 0 heterocycles. The molecular formula is C13H12FNO3S.